The first-order valence-corrected chi connectivity index (χ1v) is 5.89. The number of hydrogen-bond acceptors (Lipinski definition) is 4. The van der Waals surface area contributed by atoms with Crippen LogP contribution in [0.15, 0.2) is 12.2 Å². The molecule has 7 heteroatoms. The molecule has 0 bridgehead atoms. The zero-order valence-electron chi connectivity index (χ0n) is 11.6. The SMILES string of the molecule is CC(C)C(CN(C)C)NC(=O)NC(=O)C=CC(=O)O. The van der Waals surface area contributed by atoms with Crippen molar-refractivity contribution in [2.75, 3.05) is 20.6 Å². The maximum Gasteiger partial charge on any atom is 0.328 e. The van der Waals surface area contributed by atoms with Gasteiger partial charge in [0.2, 0.25) is 0 Å². The fourth-order valence-corrected chi connectivity index (χ4v) is 1.32. The van der Waals surface area contributed by atoms with Gasteiger partial charge in [-0.15, -0.1) is 0 Å². The van der Waals surface area contributed by atoms with E-state index in [0.717, 1.165) is 6.08 Å². The molecule has 0 saturated heterocycles. The van der Waals surface area contributed by atoms with Crippen LogP contribution in [0.4, 0.5) is 4.79 Å². The van der Waals surface area contributed by atoms with E-state index < -0.39 is 17.9 Å². The lowest BCUT2D eigenvalue weighted by atomic mass is 10.0. The molecule has 1 unspecified atom stereocenters. The number of aliphatic carboxylic acids is 1. The Labute approximate surface area is 112 Å². The number of nitrogens with one attached hydrogen (secondary N) is 2. The molecular formula is C12H21N3O4. The summed E-state index contributed by atoms with van der Waals surface area (Å²) in [6.45, 7) is 4.56. The number of amides is 3. The molecule has 0 aromatic carbocycles. The van der Waals surface area contributed by atoms with Crippen molar-refractivity contribution < 1.29 is 19.5 Å². The van der Waals surface area contributed by atoms with Gasteiger partial charge in [-0.05, 0) is 20.0 Å². The van der Waals surface area contributed by atoms with E-state index in [0.29, 0.717) is 12.6 Å². The number of carboxylic acid groups (broad SMARTS) is 1. The highest BCUT2D eigenvalue weighted by Gasteiger charge is 2.17. The number of carbonyl (C=O) groups is 3. The number of rotatable bonds is 6. The van der Waals surface area contributed by atoms with E-state index >= 15 is 0 Å². The fourth-order valence-electron chi connectivity index (χ4n) is 1.32. The summed E-state index contributed by atoms with van der Waals surface area (Å²) in [4.78, 5) is 34.9. The number of imide groups is 1. The Morgan fingerprint density at radius 1 is 1.21 bits per heavy atom. The van der Waals surface area contributed by atoms with E-state index in [4.69, 9.17) is 5.11 Å². The summed E-state index contributed by atoms with van der Waals surface area (Å²) in [7, 11) is 3.77. The van der Waals surface area contributed by atoms with Gasteiger partial charge in [0.25, 0.3) is 5.91 Å². The molecule has 0 aromatic rings. The number of urea groups is 1. The van der Waals surface area contributed by atoms with Crippen molar-refractivity contribution in [2.45, 2.75) is 19.9 Å². The van der Waals surface area contributed by atoms with Gasteiger partial charge in [0.05, 0.1) is 0 Å². The maximum absolute atomic E-state index is 11.6. The predicted octanol–water partition coefficient (Wildman–Crippen LogP) is 0.0392. The van der Waals surface area contributed by atoms with Crippen molar-refractivity contribution in [2.24, 2.45) is 5.92 Å². The molecular weight excluding hydrogens is 250 g/mol. The molecule has 0 radical (unpaired) electrons. The standard InChI is InChI=1S/C12H21N3O4/c1-8(2)9(7-15(3)4)13-12(19)14-10(16)5-6-11(17)18/h5-6,8-9H,7H2,1-4H3,(H,17,18)(H2,13,14,16,19). The summed E-state index contributed by atoms with van der Waals surface area (Å²) in [5.41, 5.74) is 0. The second-order valence-corrected chi connectivity index (χ2v) is 4.75. The smallest absolute Gasteiger partial charge is 0.328 e. The molecule has 0 saturated carbocycles. The van der Waals surface area contributed by atoms with Crippen molar-refractivity contribution in [3.05, 3.63) is 12.2 Å². The average molecular weight is 271 g/mol. The second-order valence-electron chi connectivity index (χ2n) is 4.75. The van der Waals surface area contributed by atoms with Gasteiger partial charge in [-0.25, -0.2) is 9.59 Å². The van der Waals surface area contributed by atoms with Crippen molar-refractivity contribution in [1.82, 2.24) is 15.5 Å². The van der Waals surface area contributed by atoms with Gasteiger partial charge in [-0.2, -0.15) is 0 Å². The van der Waals surface area contributed by atoms with Crippen LogP contribution in [0.3, 0.4) is 0 Å². The van der Waals surface area contributed by atoms with Crippen LogP contribution >= 0.6 is 0 Å². The molecule has 0 aromatic heterocycles. The molecule has 0 rings (SSSR count). The minimum atomic E-state index is -1.25. The maximum atomic E-state index is 11.6. The van der Waals surface area contributed by atoms with E-state index in [1.165, 1.54) is 0 Å². The monoisotopic (exact) mass is 271 g/mol. The molecule has 7 nitrogen and oxygen atoms in total. The predicted molar refractivity (Wildman–Crippen MR) is 70.6 cm³/mol. The number of carboxylic acids is 1. The molecule has 0 aliphatic rings. The topological polar surface area (TPSA) is 98.7 Å². The summed E-state index contributed by atoms with van der Waals surface area (Å²) in [5.74, 6) is -1.81. The molecule has 0 aliphatic carbocycles. The number of carbonyl (C=O) groups excluding carboxylic acids is 2. The van der Waals surface area contributed by atoms with E-state index in [-0.39, 0.29) is 12.0 Å². The second kappa shape index (κ2) is 8.25. The van der Waals surface area contributed by atoms with E-state index in [2.05, 4.69) is 5.32 Å². The minimum absolute atomic E-state index is 0.105. The third-order valence-corrected chi connectivity index (χ3v) is 2.30. The van der Waals surface area contributed by atoms with Crippen LogP contribution in [0.2, 0.25) is 0 Å². The van der Waals surface area contributed by atoms with Crippen LogP contribution in [0.25, 0.3) is 0 Å². The number of hydrogen-bond donors (Lipinski definition) is 3. The Morgan fingerprint density at radius 3 is 2.21 bits per heavy atom. The molecule has 3 N–H and O–H groups in total. The largest absolute Gasteiger partial charge is 0.478 e. The van der Waals surface area contributed by atoms with Gasteiger partial charge in [-0.1, -0.05) is 13.8 Å². The van der Waals surface area contributed by atoms with E-state index in [9.17, 15) is 14.4 Å². The molecule has 0 spiro atoms. The van der Waals surface area contributed by atoms with Gasteiger partial charge < -0.3 is 15.3 Å². The molecule has 1 atom stereocenters. The third-order valence-electron chi connectivity index (χ3n) is 2.30. The molecule has 0 fully saturated rings. The van der Waals surface area contributed by atoms with Gasteiger partial charge in [0.15, 0.2) is 0 Å². The summed E-state index contributed by atoms with van der Waals surface area (Å²) >= 11 is 0. The van der Waals surface area contributed by atoms with Crippen LogP contribution in [0.5, 0.6) is 0 Å². The van der Waals surface area contributed by atoms with E-state index in [1.54, 1.807) is 0 Å². The molecule has 3 amide bonds. The first-order valence-electron chi connectivity index (χ1n) is 5.89. The fraction of sp³-hybridized carbons (Fsp3) is 0.583. The van der Waals surface area contributed by atoms with Crippen molar-refractivity contribution in [3.8, 4) is 0 Å². The number of likely N-dealkylation sites (N-methyl/N-ethyl adjacent to an activating group) is 1. The van der Waals surface area contributed by atoms with E-state index in [1.807, 2.05) is 38.2 Å². The van der Waals surface area contributed by atoms with Crippen molar-refractivity contribution in [3.63, 3.8) is 0 Å². The van der Waals surface area contributed by atoms with Gasteiger partial charge in [-0.3, -0.25) is 10.1 Å². The minimum Gasteiger partial charge on any atom is -0.478 e. The Balaban J connectivity index is 4.34. The van der Waals surface area contributed by atoms with Crippen LogP contribution in [0.1, 0.15) is 13.8 Å². The molecule has 19 heavy (non-hydrogen) atoms. The Bertz CT molecular complexity index is 364. The van der Waals surface area contributed by atoms with Gasteiger partial charge in [0.1, 0.15) is 0 Å². The third kappa shape index (κ3) is 8.78. The van der Waals surface area contributed by atoms with Crippen LogP contribution in [-0.2, 0) is 9.59 Å². The molecule has 0 aliphatic heterocycles. The summed E-state index contributed by atoms with van der Waals surface area (Å²) in [5, 5.41) is 13.0. The van der Waals surface area contributed by atoms with Crippen LogP contribution in [0, 0.1) is 5.92 Å². The Kier molecular flexibility index (Phi) is 7.43. The first kappa shape index (κ1) is 17.1. The van der Waals surface area contributed by atoms with Gasteiger partial charge >= 0.3 is 12.0 Å². The highest BCUT2D eigenvalue weighted by atomic mass is 16.4. The Hall–Kier alpha value is -1.89. The zero-order valence-corrected chi connectivity index (χ0v) is 11.6. The first-order chi connectivity index (χ1) is 8.72. The number of nitrogens with zero attached hydrogens (tertiary/aromatic N) is 1. The quantitative estimate of drug-likeness (QED) is 0.592. The summed E-state index contributed by atoms with van der Waals surface area (Å²) < 4.78 is 0. The Morgan fingerprint density at radius 2 is 1.79 bits per heavy atom. The lowest BCUT2D eigenvalue weighted by Crippen LogP contribution is -2.49. The normalized spacial score (nSPS) is 12.7. The highest BCUT2D eigenvalue weighted by Crippen LogP contribution is 2.02. The van der Waals surface area contributed by atoms with Gasteiger partial charge in [0, 0.05) is 24.7 Å². The molecule has 0 heterocycles. The summed E-state index contributed by atoms with van der Waals surface area (Å²) in [6.07, 6.45) is 1.46. The van der Waals surface area contributed by atoms with Crippen molar-refractivity contribution >= 4 is 17.9 Å². The van der Waals surface area contributed by atoms with Crippen molar-refractivity contribution in [1.29, 1.82) is 0 Å². The highest BCUT2D eigenvalue weighted by molar-refractivity contribution is 6.02. The molecule has 108 valence electrons. The lowest BCUT2D eigenvalue weighted by Gasteiger charge is -2.25. The van der Waals surface area contributed by atoms with Crippen LogP contribution < -0.4 is 10.6 Å². The average Bonchev–Trinajstić information content (AvgIpc) is 2.24. The lowest BCUT2D eigenvalue weighted by molar-refractivity contribution is -0.131. The van der Waals surface area contributed by atoms with Crippen LogP contribution in [-0.4, -0.2) is 54.6 Å². The summed E-state index contributed by atoms with van der Waals surface area (Å²) in [6, 6.07) is -0.744. The zero-order chi connectivity index (χ0) is 15.0.